The number of nitrogens with zero attached hydrogens (tertiary/aromatic N) is 2. The van der Waals surface area contributed by atoms with E-state index in [1.807, 2.05) is 60.0 Å². The molecule has 0 aliphatic heterocycles. The lowest BCUT2D eigenvalue weighted by Crippen LogP contribution is -2.38. The molecule has 150 valence electrons. The average Bonchev–Trinajstić information content (AvgIpc) is 3.56. The number of anilines is 1. The van der Waals surface area contributed by atoms with Gasteiger partial charge in [-0.15, -0.1) is 11.3 Å². The molecule has 1 N–H and O–H groups in total. The number of amides is 1. The van der Waals surface area contributed by atoms with Crippen LogP contribution in [-0.4, -0.2) is 16.0 Å². The highest BCUT2D eigenvalue weighted by atomic mass is 32.1. The van der Waals surface area contributed by atoms with Gasteiger partial charge in [-0.25, -0.2) is 0 Å². The number of carbonyl (C=O) groups excluding carboxylic acids is 1. The Morgan fingerprint density at radius 3 is 2.50 bits per heavy atom. The number of nitrogens with one attached hydrogen (secondary N) is 1. The number of para-hydroxylation sites is 1. The van der Waals surface area contributed by atoms with Crippen molar-refractivity contribution in [3.05, 3.63) is 77.7 Å². The Kier molecular flexibility index (Phi) is 4.93. The van der Waals surface area contributed by atoms with Crippen LogP contribution in [0.3, 0.4) is 0 Å². The molecule has 1 aliphatic rings. The summed E-state index contributed by atoms with van der Waals surface area (Å²) in [5.74, 6) is 0.976. The Labute approximate surface area is 178 Å². The van der Waals surface area contributed by atoms with Crippen LogP contribution < -0.4 is 5.32 Å². The van der Waals surface area contributed by atoms with Crippen molar-refractivity contribution in [2.24, 2.45) is 0 Å². The zero-order valence-corrected chi connectivity index (χ0v) is 17.2. The van der Waals surface area contributed by atoms with Crippen molar-refractivity contribution in [2.75, 3.05) is 5.32 Å². The quantitative estimate of drug-likeness (QED) is 0.440. The van der Waals surface area contributed by atoms with Crippen LogP contribution in [0.2, 0.25) is 0 Å². The second-order valence-corrected chi connectivity index (χ2v) is 8.50. The molecule has 5 nitrogen and oxygen atoms in total. The Bertz CT molecular complexity index is 1150. The summed E-state index contributed by atoms with van der Waals surface area (Å²) in [6.07, 6.45) is 3.82. The summed E-state index contributed by atoms with van der Waals surface area (Å²) in [6.45, 7) is 0. The molecule has 2 aromatic heterocycles. The molecule has 5 rings (SSSR count). The lowest BCUT2D eigenvalue weighted by atomic mass is 9.78. The van der Waals surface area contributed by atoms with E-state index in [4.69, 9.17) is 4.52 Å². The van der Waals surface area contributed by atoms with Crippen molar-refractivity contribution in [3.8, 4) is 22.2 Å². The van der Waals surface area contributed by atoms with Gasteiger partial charge in [-0.2, -0.15) is 4.98 Å². The van der Waals surface area contributed by atoms with E-state index in [0.29, 0.717) is 17.4 Å². The first-order valence-corrected chi connectivity index (χ1v) is 11.0. The van der Waals surface area contributed by atoms with Gasteiger partial charge in [0.25, 0.3) is 5.89 Å². The van der Waals surface area contributed by atoms with Crippen LogP contribution in [0.25, 0.3) is 22.2 Å². The number of thiophene rings is 1. The predicted octanol–water partition coefficient (Wildman–Crippen LogP) is 5.92. The summed E-state index contributed by atoms with van der Waals surface area (Å²) in [4.78, 5) is 19.0. The van der Waals surface area contributed by atoms with Gasteiger partial charge in [-0.05, 0) is 42.0 Å². The SMILES string of the molecule is O=C(Nc1ccccc1-c1nc(-c2cccs2)no1)C1(c2ccccc2)CCCC1. The van der Waals surface area contributed by atoms with Crippen molar-refractivity contribution in [1.29, 1.82) is 0 Å². The molecule has 2 aromatic carbocycles. The van der Waals surface area contributed by atoms with Crippen LogP contribution >= 0.6 is 11.3 Å². The van der Waals surface area contributed by atoms with Gasteiger partial charge in [0.2, 0.25) is 11.7 Å². The Morgan fingerprint density at radius 2 is 1.73 bits per heavy atom. The normalized spacial score (nSPS) is 15.2. The van der Waals surface area contributed by atoms with Crippen LogP contribution in [0.5, 0.6) is 0 Å². The summed E-state index contributed by atoms with van der Waals surface area (Å²) >= 11 is 1.56. The van der Waals surface area contributed by atoms with E-state index < -0.39 is 5.41 Å². The van der Waals surface area contributed by atoms with Crippen LogP contribution in [0.15, 0.2) is 76.6 Å². The maximum Gasteiger partial charge on any atom is 0.260 e. The zero-order chi connectivity index (χ0) is 20.4. The van der Waals surface area contributed by atoms with Crippen molar-refractivity contribution in [3.63, 3.8) is 0 Å². The topological polar surface area (TPSA) is 68.0 Å². The van der Waals surface area contributed by atoms with E-state index in [0.717, 1.165) is 41.7 Å². The van der Waals surface area contributed by atoms with Crippen LogP contribution in [0, 0.1) is 0 Å². The van der Waals surface area contributed by atoms with E-state index in [1.165, 1.54) is 0 Å². The van der Waals surface area contributed by atoms with Gasteiger partial charge >= 0.3 is 0 Å². The highest BCUT2D eigenvalue weighted by Gasteiger charge is 2.42. The molecule has 0 atom stereocenters. The van der Waals surface area contributed by atoms with Gasteiger partial charge in [0.15, 0.2) is 0 Å². The third kappa shape index (κ3) is 3.33. The third-order valence-corrected chi connectivity index (χ3v) is 6.66. The fourth-order valence-corrected chi connectivity index (χ4v) is 4.89. The first kappa shape index (κ1) is 18.8. The summed E-state index contributed by atoms with van der Waals surface area (Å²) in [6, 6.07) is 21.6. The maximum atomic E-state index is 13.5. The monoisotopic (exact) mass is 415 g/mol. The molecule has 0 spiro atoms. The van der Waals surface area contributed by atoms with E-state index >= 15 is 0 Å². The summed E-state index contributed by atoms with van der Waals surface area (Å²) < 4.78 is 5.53. The molecule has 1 saturated carbocycles. The number of rotatable bonds is 5. The van der Waals surface area contributed by atoms with Gasteiger partial charge < -0.3 is 9.84 Å². The fourth-order valence-electron chi connectivity index (χ4n) is 4.24. The number of hydrogen-bond donors (Lipinski definition) is 1. The molecule has 0 radical (unpaired) electrons. The second kappa shape index (κ2) is 7.88. The molecular formula is C24H21N3O2S. The molecular weight excluding hydrogens is 394 g/mol. The molecule has 1 aliphatic carbocycles. The molecule has 30 heavy (non-hydrogen) atoms. The van der Waals surface area contributed by atoms with E-state index in [1.54, 1.807) is 11.3 Å². The standard InChI is InChI=1S/C24H21N3O2S/c28-23(24(14-6-7-15-24)17-9-2-1-3-10-17)25-19-12-5-4-11-18(19)22-26-21(27-29-22)20-13-8-16-30-20/h1-5,8-13,16H,6-7,14-15H2,(H,25,28). The lowest BCUT2D eigenvalue weighted by molar-refractivity contribution is -0.121. The largest absolute Gasteiger partial charge is 0.334 e. The number of carbonyl (C=O) groups is 1. The van der Waals surface area contributed by atoms with Crippen LogP contribution in [-0.2, 0) is 10.2 Å². The van der Waals surface area contributed by atoms with E-state index in [2.05, 4.69) is 27.6 Å². The number of aromatic nitrogens is 2. The number of hydrogen-bond acceptors (Lipinski definition) is 5. The minimum atomic E-state index is -0.495. The van der Waals surface area contributed by atoms with Gasteiger partial charge in [-0.1, -0.05) is 66.5 Å². The molecule has 0 bridgehead atoms. The summed E-state index contributed by atoms with van der Waals surface area (Å²) in [5.41, 5.74) is 1.99. The molecule has 2 heterocycles. The fraction of sp³-hybridized carbons (Fsp3) is 0.208. The van der Waals surface area contributed by atoms with Crippen molar-refractivity contribution < 1.29 is 9.32 Å². The van der Waals surface area contributed by atoms with Crippen LogP contribution in [0.4, 0.5) is 5.69 Å². The highest BCUT2D eigenvalue weighted by Crippen LogP contribution is 2.42. The third-order valence-electron chi connectivity index (χ3n) is 5.79. The van der Waals surface area contributed by atoms with Gasteiger partial charge in [0, 0.05) is 0 Å². The van der Waals surface area contributed by atoms with Crippen molar-refractivity contribution in [2.45, 2.75) is 31.1 Å². The summed E-state index contributed by atoms with van der Waals surface area (Å²) in [5, 5.41) is 9.25. The molecule has 1 fully saturated rings. The van der Waals surface area contributed by atoms with Crippen LogP contribution in [0.1, 0.15) is 31.2 Å². The minimum Gasteiger partial charge on any atom is -0.334 e. The Hall–Kier alpha value is -3.25. The van der Waals surface area contributed by atoms with Gasteiger partial charge in [0.05, 0.1) is 21.5 Å². The molecule has 6 heteroatoms. The van der Waals surface area contributed by atoms with Gasteiger partial charge in [0.1, 0.15) is 0 Å². The highest BCUT2D eigenvalue weighted by molar-refractivity contribution is 7.13. The summed E-state index contributed by atoms with van der Waals surface area (Å²) in [7, 11) is 0. The first-order valence-electron chi connectivity index (χ1n) is 10.1. The Morgan fingerprint density at radius 1 is 0.967 bits per heavy atom. The van der Waals surface area contributed by atoms with Crippen molar-refractivity contribution >= 4 is 22.9 Å². The molecule has 0 saturated heterocycles. The predicted molar refractivity (Wildman–Crippen MR) is 118 cm³/mol. The molecule has 0 unspecified atom stereocenters. The smallest absolute Gasteiger partial charge is 0.260 e. The van der Waals surface area contributed by atoms with E-state index in [-0.39, 0.29) is 5.91 Å². The number of benzene rings is 2. The first-order chi connectivity index (χ1) is 14.8. The lowest BCUT2D eigenvalue weighted by Gasteiger charge is -2.28. The zero-order valence-electron chi connectivity index (χ0n) is 16.4. The average molecular weight is 416 g/mol. The second-order valence-electron chi connectivity index (χ2n) is 7.56. The minimum absolute atomic E-state index is 0.0247. The van der Waals surface area contributed by atoms with E-state index in [9.17, 15) is 4.79 Å². The van der Waals surface area contributed by atoms with Gasteiger partial charge in [-0.3, -0.25) is 4.79 Å². The molecule has 1 amide bonds. The van der Waals surface area contributed by atoms with Crippen molar-refractivity contribution in [1.82, 2.24) is 10.1 Å². The molecule has 4 aromatic rings. The maximum absolute atomic E-state index is 13.5. The Balaban J connectivity index is 1.47.